The van der Waals surface area contributed by atoms with Gasteiger partial charge >= 0.3 is 0 Å². The molecule has 0 amide bonds. The van der Waals surface area contributed by atoms with Crippen LogP contribution in [0.5, 0.6) is 0 Å². The standard InChI is InChI=1S/C27H43NO/c1-6-27(29)16-13-24-22-10-9-20-18-21(28-17-7-8-19(2)3)11-14-25(20,4)23(22)12-15-26(24,27)5/h1,18-19,21-24,28-29H,7-17H2,2-5H3/t21-,22?,23?,24?,25+,26+,27+/m1/s1. The van der Waals surface area contributed by atoms with E-state index in [1.165, 1.54) is 44.9 Å². The molecule has 0 saturated heterocycles. The lowest BCUT2D eigenvalue weighted by molar-refractivity contribution is -0.1000. The predicted molar refractivity (Wildman–Crippen MR) is 121 cm³/mol. The number of terminal acetylenes is 1. The summed E-state index contributed by atoms with van der Waals surface area (Å²) in [5, 5.41) is 15.0. The smallest absolute Gasteiger partial charge is 0.130 e. The highest BCUT2D eigenvalue weighted by Gasteiger charge is 2.63. The summed E-state index contributed by atoms with van der Waals surface area (Å²) >= 11 is 0. The van der Waals surface area contributed by atoms with Gasteiger partial charge in [-0.25, -0.2) is 0 Å². The van der Waals surface area contributed by atoms with Crippen LogP contribution in [0, 0.1) is 46.8 Å². The zero-order valence-electron chi connectivity index (χ0n) is 19.3. The Kier molecular flexibility index (Phi) is 5.71. The number of aliphatic hydroxyl groups is 1. The number of allylic oxidation sites excluding steroid dienone is 1. The summed E-state index contributed by atoms with van der Waals surface area (Å²) in [6.07, 6.45) is 20.5. The van der Waals surface area contributed by atoms with Gasteiger partial charge in [-0.1, -0.05) is 45.3 Å². The Bertz CT molecular complexity index is 689. The Morgan fingerprint density at radius 1 is 1.14 bits per heavy atom. The second-order valence-corrected chi connectivity index (χ2v) is 11.7. The Hall–Kier alpha value is -0.780. The Labute approximate surface area is 179 Å². The van der Waals surface area contributed by atoms with Crippen molar-refractivity contribution in [3.8, 4) is 12.3 Å². The highest BCUT2D eigenvalue weighted by atomic mass is 16.3. The fourth-order valence-corrected chi connectivity index (χ4v) is 7.94. The molecule has 0 aromatic heterocycles. The first-order chi connectivity index (χ1) is 13.7. The Morgan fingerprint density at radius 2 is 1.90 bits per heavy atom. The molecule has 4 aliphatic rings. The van der Waals surface area contributed by atoms with Gasteiger partial charge in [0.05, 0.1) is 0 Å². The molecule has 2 nitrogen and oxygen atoms in total. The topological polar surface area (TPSA) is 32.3 Å². The number of nitrogens with one attached hydrogen (secondary N) is 1. The van der Waals surface area contributed by atoms with E-state index in [1.54, 1.807) is 5.57 Å². The highest BCUT2D eigenvalue weighted by Crippen LogP contribution is 2.67. The fraction of sp³-hybridized carbons (Fsp3) is 0.852. The molecule has 4 rings (SSSR count). The number of rotatable bonds is 5. The highest BCUT2D eigenvalue weighted by molar-refractivity contribution is 5.29. The second kappa shape index (κ2) is 7.72. The van der Waals surface area contributed by atoms with Gasteiger partial charge in [0.15, 0.2) is 0 Å². The largest absolute Gasteiger partial charge is 0.377 e. The van der Waals surface area contributed by atoms with Crippen LogP contribution in [0.25, 0.3) is 0 Å². The van der Waals surface area contributed by atoms with Crippen LogP contribution in [0.15, 0.2) is 11.6 Å². The lowest BCUT2D eigenvalue weighted by atomic mass is 9.46. The van der Waals surface area contributed by atoms with Gasteiger partial charge in [0, 0.05) is 11.5 Å². The molecule has 0 aromatic carbocycles. The van der Waals surface area contributed by atoms with Crippen LogP contribution in [0.3, 0.4) is 0 Å². The van der Waals surface area contributed by atoms with Crippen LogP contribution in [0.1, 0.15) is 91.9 Å². The van der Waals surface area contributed by atoms with Gasteiger partial charge < -0.3 is 10.4 Å². The van der Waals surface area contributed by atoms with E-state index >= 15 is 0 Å². The normalized spacial score (nSPS) is 46.4. The molecule has 0 radical (unpaired) electrons. The van der Waals surface area contributed by atoms with Crippen molar-refractivity contribution in [1.29, 1.82) is 0 Å². The maximum absolute atomic E-state index is 11.2. The molecule has 0 heterocycles. The van der Waals surface area contributed by atoms with Gasteiger partial charge in [-0.05, 0) is 99.8 Å². The van der Waals surface area contributed by atoms with Crippen LogP contribution in [0.4, 0.5) is 0 Å². The summed E-state index contributed by atoms with van der Waals surface area (Å²) in [7, 11) is 0. The third kappa shape index (κ3) is 3.41. The molecule has 162 valence electrons. The van der Waals surface area contributed by atoms with E-state index in [1.807, 2.05) is 0 Å². The van der Waals surface area contributed by atoms with Gasteiger partial charge in [0.2, 0.25) is 0 Å². The van der Waals surface area contributed by atoms with Crippen LogP contribution in [0.2, 0.25) is 0 Å². The van der Waals surface area contributed by atoms with E-state index in [-0.39, 0.29) is 5.41 Å². The molecule has 0 aromatic rings. The number of hydrogen-bond donors (Lipinski definition) is 2. The van der Waals surface area contributed by atoms with Crippen molar-refractivity contribution in [3.05, 3.63) is 11.6 Å². The summed E-state index contributed by atoms with van der Waals surface area (Å²) in [4.78, 5) is 0. The first-order valence-electron chi connectivity index (χ1n) is 12.4. The van der Waals surface area contributed by atoms with Crippen LogP contribution < -0.4 is 5.32 Å². The quantitative estimate of drug-likeness (QED) is 0.354. The minimum absolute atomic E-state index is 0.0737. The van der Waals surface area contributed by atoms with Crippen LogP contribution >= 0.6 is 0 Å². The molecule has 3 fully saturated rings. The summed E-state index contributed by atoms with van der Waals surface area (Å²) in [6, 6.07) is 0.577. The van der Waals surface area contributed by atoms with E-state index in [4.69, 9.17) is 6.42 Å². The maximum Gasteiger partial charge on any atom is 0.130 e. The van der Waals surface area contributed by atoms with Crippen LogP contribution in [-0.2, 0) is 0 Å². The van der Waals surface area contributed by atoms with E-state index in [0.29, 0.717) is 17.4 Å². The fourth-order valence-electron chi connectivity index (χ4n) is 7.94. The second-order valence-electron chi connectivity index (χ2n) is 11.7. The number of fused-ring (bicyclic) bond motifs is 5. The molecule has 2 N–H and O–H groups in total. The molecule has 0 aliphatic heterocycles. The first-order valence-corrected chi connectivity index (χ1v) is 12.4. The van der Waals surface area contributed by atoms with Gasteiger partial charge in [-0.3, -0.25) is 0 Å². The summed E-state index contributed by atoms with van der Waals surface area (Å²) in [5.74, 6) is 5.75. The average Bonchev–Trinajstić information content (AvgIpc) is 2.97. The van der Waals surface area contributed by atoms with Gasteiger partial charge in [-0.15, -0.1) is 6.42 Å². The lowest BCUT2D eigenvalue weighted by Gasteiger charge is -2.59. The minimum atomic E-state index is -0.878. The van der Waals surface area contributed by atoms with E-state index in [2.05, 4.69) is 45.0 Å². The molecule has 0 bridgehead atoms. The van der Waals surface area contributed by atoms with E-state index in [0.717, 1.165) is 43.6 Å². The first kappa shape index (κ1) is 21.5. The van der Waals surface area contributed by atoms with Gasteiger partial charge in [0.1, 0.15) is 5.60 Å². The average molecular weight is 398 g/mol. The minimum Gasteiger partial charge on any atom is -0.377 e. The third-order valence-corrected chi connectivity index (χ3v) is 9.87. The van der Waals surface area contributed by atoms with Crippen molar-refractivity contribution in [2.75, 3.05) is 6.54 Å². The molecule has 0 spiro atoms. The zero-order chi connectivity index (χ0) is 20.9. The maximum atomic E-state index is 11.2. The van der Waals surface area contributed by atoms with Gasteiger partial charge in [-0.2, -0.15) is 0 Å². The van der Waals surface area contributed by atoms with E-state index < -0.39 is 5.60 Å². The third-order valence-electron chi connectivity index (χ3n) is 9.87. The lowest BCUT2D eigenvalue weighted by Crippen LogP contribution is -2.54. The van der Waals surface area contributed by atoms with Crippen LogP contribution in [-0.4, -0.2) is 23.3 Å². The Morgan fingerprint density at radius 3 is 2.62 bits per heavy atom. The van der Waals surface area contributed by atoms with Crippen molar-refractivity contribution in [3.63, 3.8) is 0 Å². The molecule has 4 aliphatic carbocycles. The summed E-state index contributed by atoms with van der Waals surface area (Å²) < 4.78 is 0. The SMILES string of the molecule is C#C[C@]1(O)CCC2C3CCC4=C[C@H](NCCCC(C)C)CC[C@]4(C)C3CC[C@@]21C. The molecule has 2 heteroatoms. The molecular formula is C27H43NO. The summed E-state index contributed by atoms with van der Waals surface area (Å²) in [5.41, 5.74) is 1.16. The Balaban J connectivity index is 1.46. The van der Waals surface area contributed by atoms with E-state index in [9.17, 15) is 5.11 Å². The molecular weight excluding hydrogens is 354 g/mol. The predicted octanol–water partition coefficient (Wildman–Crippen LogP) is 5.71. The zero-order valence-corrected chi connectivity index (χ0v) is 19.3. The van der Waals surface area contributed by atoms with Crippen molar-refractivity contribution < 1.29 is 5.11 Å². The monoisotopic (exact) mass is 397 g/mol. The van der Waals surface area contributed by atoms with Crippen molar-refractivity contribution in [2.24, 2.45) is 34.5 Å². The molecule has 3 saturated carbocycles. The molecule has 3 unspecified atom stereocenters. The molecule has 29 heavy (non-hydrogen) atoms. The van der Waals surface area contributed by atoms with Gasteiger partial charge in [0.25, 0.3) is 0 Å². The van der Waals surface area contributed by atoms with Crippen molar-refractivity contribution in [1.82, 2.24) is 5.32 Å². The van der Waals surface area contributed by atoms with Crippen molar-refractivity contribution >= 4 is 0 Å². The van der Waals surface area contributed by atoms with Crippen molar-refractivity contribution in [2.45, 2.75) is 104 Å². The number of hydrogen-bond acceptors (Lipinski definition) is 2. The molecule has 7 atom stereocenters. The summed E-state index contributed by atoms with van der Waals surface area (Å²) in [6.45, 7) is 10.6.